The lowest BCUT2D eigenvalue weighted by Crippen LogP contribution is -2.29. The molecule has 0 atom stereocenters. The molecule has 6 heteroatoms. The number of hydrogen-bond acceptors (Lipinski definition) is 5. The SMILES string of the molecule is CN(CCC#N)C(=O)CSc1nc(-c2ccccc2)cs1. The van der Waals surface area contributed by atoms with Gasteiger partial charge in [0.1, 0.15) is 0 Å². The molecule has 2 rings (SSSR count). The van der Waals surface area contributed by atoms with Gasteiger partial charge in [-0.1, -0.05) is 42.1 Å². The van der Waals surface area contributed by atoms with Crippen LogP contribution < -0.4 is 0 Å². The number of carbonyl (C=O) groups is 1. The number of benzene rings is 1. The molecule has 0 radical (unpaired) electrons. The fraction of sp³-hybridized carbons (Fsp3) is 0.267. The smallest absolute Gasteiger partial charge is 0.232 e. The first-order valence-corrected chi connectivity index (χ1v) is 8.32. The molecule has 0 aliphatic rings. The van der Waals surface area contributed by atoms with Crippen LogP contribution in [0.5, 0.6) is 0 Å². The van der Waals surface area contributed by atoms with E-state index in [1.165, 1.54) is 11.8 Å². The number of hydrogen-bond donors (Lipinski definition) is 0. The van der Waals surface area contributed by atoms with Crippen molar-refractivity contribution in [1.29, 1.82) is 5.26 Å². The monoisotopic (exact) mass is 317 g/mol. The molecule has 108 valence electrons. The fourth-order valence-corrected chi connectivity index (χ4v) is 3.42. The highest BCUT2D eigenvalue weighted by Crippen LogP contribution is 2.28. The second-order valence-electron chi connectivity index (χ2n) is 4.38. The van der Waals surface area contributed by atoms with Crippen LogP contribution in [0.2, 0.25) is 0 Å². The summed E-state index contributed by atoms with van der Waals surface area (Å²) in [6, 6.07) is 12.0. The van der Waals surface area contributed by atoms with Crippen molar-refractivity contribution in [1.82, 2.24) is 9.88 Å². The number of aromatic nitrogens is 1. The van der Waals surface area contributed by atoms with Crippen LogP contribution in [0.15, 0.2) is 40.1 Å². The van der Waals surface area contributed by atoms with Crippen LogP contribution in [-0.2, 0) is 4.79 Å². The Labute approximate surface area is 132 Å². The van der Waals surface area contributed by atoms with Gasteiger partial charge in [0.15, 0.2) is 4.34 Å². The number of nitriles is 1. The van der Waals surface area contributed by atoms with Crippen LogP contribution in [0.4, 0.5) is 0 Å². The minimum Gasteiger partial charge on any atom is -0.344 e. The summed E-state index contributed by atoms with van der Waals surface area (Å²) >= 11 is 2.98. The van der Waals surface area contributed by atoms with Crippen LogP contribution in [0.1, 0.15) is 6.42 Å². The van der Waals surface area contributed by atoms with Gasteiger partial charge in [0.25, 0.3) is 0 Å². The molecule has 0 N–H and O–H groups in total. The van der Waals surface area contributed by atoms with E-state index in [0.29, 0.717) is 18.7 Å². The summed E-state index contributed by atoms with van der Waals surface area (Å²) in [4.78, 5) is 18.0. The number of rotatable bonds is 6. The lowest BCUT2D eigenvalue weighted by molar-refractivity contribution is -0.127. The van der Waals surface area contributed by atoms with E-state index < -0.39 is 0 Å². The van der Waals surface area contributed by atoms with Gasteiger partial charge >= 0.3 is 0 Å². The maximum atomic E-state index is 11.9. The van der Waals surface area contributed by atoms with Crippen molar-refractivity contribution in [3.05, 3.63) is 35.7 Å². The van der Waals surface area contributed by atoms with Gasteiger partial charge in [0.05, 0.1) is 23.9 Å². The maximum Gasteiger partial charge on any atom is 0.232 e. The first kappa shape index (κ1) is 15.5. The number of carbonyl (C=O) groups excluding carboxylic acids is 1. The van der Waals surface area contributed by atoms with Crippen LogP contribution in [-0.4, -0.2) is 35.1 Å². The first-order valence-electron chi connectivity index (χ1n) is 6.45. The van der Waals surface area contributed by atoms with Crippen molar-refractivity contribution in [3.8, 4) is 17.3 Å². The number of thioether (sulfide) groups is 1. The normalized spacial score (nSPS) is 10.1. The molecule has 1 aromatic heterocycles. The summed E-state index contributed by atoms with van der Waals surface area (Å²) in [6.07, 6.45) is 0.363. The van der Waals surface area contributed by atoms with Crippen LogP contribution >= 0.6 is 23.1 Å². The van der Waals surface area contributed by atoms with Gasteiger partial charge in [-0.15, -0.1) is 11.3 Å². The lowest BCUT2D eigenvalue weighted by atomic mass is 10.2. The van der Waals surface area contributed by atoms with Crippen LogP contribution in [0.3, 0.4) is 0 Å². The van der Waals surface area contributed by atoms with Crippen LogP contribution in [0, 0.1) is 11.3 Å². The van der Waals surface area contributed by atoms with Gasteiger partial charge < -0.3 is 4.90 Å². The van der Waals surface area contributed by atoms with Gasteiger partial charge in [-0.25, -0.2) is 4.98 Å². The molecule has 0 aliphatic carbocycles. The molecule has 0 saturated heterocycles. The van der Waals surface area contributed by atoms with Crippen LogP contribution in [0.25, 0.3) is 11.3 Å². The van der Waals surface area contributed by atoms with E-state index >= 15 is 0 Å². The molecule has 0 saturated carbocycles. The predicted molar refractivity (Wildman–Crippen MR) is 86.1 cm³/mol. The molecule has 2 aromatic rings. The Morgan fingerprint density at radius 1 is 1.43 bits per heavy atom. The topological polar surface area (TPSA) is 57.0 Å². The zero-order valence-electron chi connectivity index (χ0n) is 11.7. The molecule has 1 amide bonds. The summed E-state index contributed by atoms with van der Waals surface area (Å²) in [5.74, 6) is 0.371. The number of thiazole rings is 1. The van der Waals surface area contributed by atoms with E-state index in [1.807, 2.05) is 41.8 Å². The Bertz CT molecular complexity index is 634. The minimum atomic E-state index is 0.0201. The Hall–Kier alpha value is -1.84. The average molecular weight is 317 g/mol. The lowest BCUT2D eigenvalue weighted by Gasteiger charge is -2.14. The van der Waals surface area contributed by atoms with E-state index in [1.54, 1.807) is 23.3 Å². The van der Waals surface area contributed by atoms with E-state index in [-0.39, 0.29) is 5.91 Å². The fourth-order valence-electron chi connectivity index (χ4n) is 1.64. The third-order valence-corrected chi connectivity index (χ3v) is 4.86. The van der Waals surface area contributed by atoms with Gasteiger partial charge in [-0.3, -0.25) is 4.79 Å². The van der Waals surface area contributed by atoms with E-state index in [9.17, 15) is 4.79 Å². The summed E-state index contributed by atoms with van der Waals surface area (Å²) in [7, 11) is 1.72. The average Bonchev–Trinajstić information content (AvgIpc) is 3.00. The molecule has 1 aromatic carbocycles. The molecular formula is C15H15N3OS2. The largest absolute Gasteiger partial charge is 0.344 e. The van der Waals surface area contributed by atoms with Gasteiger partial charge in [0.2, 0.25) is 5.91 Å². The number of nitrogens with zero attached hydrogens (tertiary/aromatic N) is 3. The van der Waals surface area contributed by atoms with Gasteiger partial charge in [-0.2, -0.15) is 5.26 Å². The Morgan fingerprint density at radius 3 is 2.90 bits per heavy atom. The van der Waals surface area contributed by atoms with Crippen molar-refractivity contribution < 1.29 is 4.79 Å². The molecular weight excluding hydrogens is 302 g/mol. The van der Waals surface area contributed by atoms with E-state index in [2.05, 4.69) is 4.98 Å². The van der Waals surface area contributed by atoms with E-state index in [0.717, 1.165) is 15.6 Å². The predicted octanol–water partition coefficient (Wildman–Crippen LogP) is 3.27. The van der Waals surface area contributed by atoms with Crippen molar-refractivity contribution in [2.45, 2.75) is 10.8 Å². The van der Waals surface area contributed by atoms with Gasteiger partial charge in [-0.05, 0) is 0 Å². The quantitative estimate of drug-likeness (QED) is 0.767. The molecule has 0 spiro atoms. The Morgan fingerprint density at radius 2 is 2.19 bits per heavy atom. The van der Waals surface area contributed by atoms with Crippen molar-refractivity contribution in [2.75, 3.05) is 19.3 Å². The second-order valence-corrected chi connectivity index (χ2v) is 6.46. The molecule has 0 aliphatic heterocycles. The molecule has 1 heterocycles. The Balaban J connectivity index is 1.89. The standard InChI is InChI=1S/C15H15N3OS2/c1-18(9-5-8-16)14(19)11-21-15-17-13(10-20-15)12-6-3-2-4-7-12/h2-4,6-7,10H,5,9,11H2,1H3. The number of amides is 1. The molecule has 4 nitrogen and oxygen atoms in total. The van der Waals surface area contributed by atoms with Gasteiger partial charge in [0, 0.05) is 24.5 Å². The highest BCUT2D eigenvalue weighted by molar-refractivity contribution is 8.01. The van der Waals surface area contributed by atoms with E-state index in [4.69, 9.17) is 5.26 Å². The Kier molecular flexibility index (Phi) is 5.78. The molecule has 0 unspecified atom stereocenters. The first-order chi connectivity index (χ1) is 10.2. The summed E-state index contributed by atoms with van der Waals surface area (Å²) < 4.78 is 0.885. The van der Waals surface area contributed by atoms with Crippen molar-refractivity contribution >= 4 is 29.0 Å². The second kappa shape index (κ2) is 7.81. The molecule has 21 heavy (non-hydrogen) atoms. The third kappa shape index (κ3) is 4.59. The summed E-state index contributed by atoms with van der Waals surface area (Å²) in [5.41, 5.74) is 2.02. The van der Waals surface area contributed by atoms with Crippen molar-refractivity contribution in [2.24, 2.45) is 0 Å². The summed E-state index contributed by atoms with van der Waals surface area (Å²) in [6.45, 7) is 0.475. The molecule has 0 bridgehead atoms. The highest BCUT2D eigenvalue weighted by atomic mass is 32.2. The molecule has 0 fully saturated rings. The minimum absolute atomic E-state index is 0.0201. The highest BCUT2D eigenvalue weighted by Gasteiger charge is 2.11. The zero-order chi connectivity index (χ0) is 15.1. The zero-order valence-corrected chi connectivity index (χ0v) is 13.3. The maximum absolute atomic E-state index is 11.9. The van der Waals surface area contributed by atoms with Crippen molar-refractivity contribution in [3.63, 3.8) is 0 Å². The summed E-state index contributed by atoms with van der Waals surface area (Å²) in [5, 5.41) is 10.5. The third-order valence-electron chi connectivity index (χ3n) is 2.86.